The lowest BCUT2D eigenvalue weighted by molar-refractivity contribution is 0.304. The zero-order valence-corrected chi connectivity index (χ0v) is 11.1. The maximum absolute atomic E-state index is 13.4. The quantitative estimate of drug-likeness (QED) is 0.880. The molecule has 104 valence electrons. The van der Waals surface area contributed by atoms with Crippen molar-refractivity contribution in [1.29, 1.82) is 5.26 Å². The standard InChI is InChI=1S/C17H12FNO2/c18-17-10-16(8-7-15(17)11-19)21-12-14-5-3-13(4-6-14)2-1-9-20/h3-8,10,20H,9,12H2. The number of aliphatic hydroxyl groups is 1. The molecular formula is C17H12FNO2. The number of nitrogens with zero attached hydrogens (tertiary/aromatic N) is 1. The third kappa shape index (κ3) is 4.07. The second-order valence-electron chi connectivity index (χ2n) is 4.20. The molecular weight excluding hydrogens is 269 g/mol. The minimum absolute atomic E-state index is 0.00541. The van der Waals surface area contributed by atoms with Gasteiger partial charge in [0, 0.05) is 11.6 Å². The van der Waals surface area contributed by atoms with E-state index in [9.17, 15) is 4.39 Å². The molecule has 0 bridgehead atoms. The molecule has 0 fully saturated rings. The summed E-state index contributed by atoms with van der Waals surface area (Å²) in [5, 5.41) is 17.3. The number of halogens is 1. The van der Waals surface area contributed by atoms with Gasteiger partial charge in [-0.2, -0.15) is 5.26 Å². The minimum Gasteiger partial charge on any atom is -0.489 e. The van der Waals surface area contributed by atoms with E-state index in [1.807, 2.05) is 24.3 Å². The smallest absolute Gasteiger partial charge is 0.144 e. The Kier molecular flexibility index (Phi) is 4.93. The molecule has 0 amide bonds. The highest BCUT2D eigenvalue weighted by Crippen LogP contribution is 2.17. The van der Waals surface area contributed by atoms with Gasteiger partial charge in [0.05, 0.1) is 5.56 Å². The summed E-state index contributed by atoms with van der Waals surface area (Å²) in [4.78, 5) is 0. The van der Waals surface area contributed by atoms with Gasteiger partial charge >= 0.3 is 0 Å². The van der Waals surface area contributed by atoms with E-state index in [2.05, 4.69) is 11.8 Å². The molecule has 0 aromatic heterocycles. The molecule has 0 spiro atoms. The molecule has 2 aromatic carbocycles. The first kappa shape index (κ1) is 14.6. The van der Waals surface area contributed by atoms with Crippen molar-refractivity contribution in [2.75, 3.05) is 6.61 Å². The second-order valence-corrected chi connectivity index (χ2v) is 4.20. The van der Waals surface area contributed by atoms with Crippen LogP contribution < -0.4 is 4.74 Å². The first-order valence-electron chi connectivity index (χ1n) is 6.24. The highest BCUT2D eigenvalue weighted by atomic mass is 19.1. The van der Waals surface area contributed by atoms with Crippen molar-refractivity contribution in [1.82, 2.24) is 0 Å². The van der Waals surface area contributed by atoms with Gasteiger partial charge in [0.1, 0.15) is 30.8 Å². The molecule has 0 aliphatic heterocycles. The maximum atomic E-state index is 13.4. The van der Waals surface area contributed by atoms with Crippen molar-refractivity contribution < 1.29 is 14.2 Å². The Morgan fingerprint density at radius 3 is 2.52 bits per heavy atom. The van der Waals surface area contributed by atoms with Crippen LogP contribution in [0.25, 0.3) is 0 Å². The fraction of sp³-hybridized carbons (Fsp3) is 0.118. The summed E-state index contributed by atoms with van der Waals surface area (Å²) in [6.07, 6.45) is 0. The van der Waals surface area contributed by atoms with Crippen LogP contribution in [0.15, 0.2) is 42.5 Å². The largest absolute Gasteiger partial charge is 0.489 e. The normalized spacial score (nSPS) is 9.38. The molecule has 3 nitrogen and oxygen atoms in total. The van der Waals surface area contributed by atoms with Crippen LogP contribution in [0.5, 0.6) is 5.75 Å². The molecule has 0 heterocycles. The molecule has 1 N–H and O–H groups in total. The van der Waals surface area contributed by atoms with Crippen LogP contribution >= 0.6 is 0 Å². The monoisotopic (exact) mass is 281 g/mol. The molecule has 21 heavy (non-hydrogen) atoms. The van der Waals surface area contributed by atoms with Gasteiger partial charge < -0.3 is 9.84 Å². The number of rotatable bonds is 3. The predicted octanol–water partition coefficient (Wildman–Crippen LogP) is 2.62. The Bertz CT molecular complexity index is 721. The zero-order chi connectivity index (χ0) is 15.1. The lowest BCUT2D eigenvalue weighted by Crippen LogP contribution is -1.96. The molecule has 2 aromatic rings. The molecule has 4 heteroatoms. The Morgan fingerprint density at radius 1 is 1.14 bits per heavy atom. The van der Waals surface area contributed by atoms with Crippen molar-refractivity contribution in [3.63, 3.8) is 0 Å². The second kappa shape index (κ2) is 7.09. The fourth-order valence-electron chi connectivity index (χ4n) is 1.67. The first-order valence-corrected chi connectivity index (χ1v) is 6.24. The van der Waals surface area contributed by atoms with Crippen molar-refractivity contribution in [2.24, 2.45) is 0 Å². The van der Waals surface area contributed by atoms with Crippen LogP contribution in [0, 0.1) is 29.0 Å². The van der Waals surface area contributed by atoms with Crippen LogP contribution in [0.2, 0.25) is 0 Å². The Hall–Kier alpha value is -2.82. The highest BCUT2D eigenvalue weighted by molar-refractivity contribution is 5.37. The first-order chi connectivity index (χ1) is 10.2. The molecule has 0 radical (unpaired) electrons. The summed E-state index contributed by atoms with van der Waals surface area (Å²) >= 11 is 0. The highest BCUT2D eigenvalue weighted by Gasteiger charge is 2.03. The minimum atomic E-state index is -0.593. The number of nitriles is 1. The van der Waals surface area contributed by atoms with Gasteiger partial charge in [0.25, 0.3) is 0 Å². The predicted molar refractivity (Wildman–Crippen MR) is 75.9 cm³/mol. The van der Waals surface area contributed by atoms with Gasteiger partial charge in [-0.15, -0.1) is 0 Å². The van der Waals surface area contributed by atoms with E-state index in [1.165, 1.54) is 12.1 Å². The van der Waals surface area contributed by atoms with Gasteiger partial charge in [-0.1, -0.05) is 24.0 Å². The summed E-state index contributed by atoms with van der Waals surface area (Å²) < 4.78 is 18.9. The van der Waals surface area contributed by atoms with Gasteiger partial charge in [-0.3, -0.25) is 0 Å². The number of hydrogen-bond donors (Lipinski definition) is 1. The topological polar surface area (TPSA) is 53.2 Å². The van der Waals surface area contributed by atoms with Crippen LogP contribution in [0.3, 0.4) is 0 Å². The third-order valence-corrected chi connectivity index (χ3v) is 2.73. The van der Waals surface area contributed by atoms with Crippen LogP contribution in [0.1, 0.15) is 16.7 Å². The Morgan fingerprint density at radius 2 is 1.90 bits per heavy atom. The SMILES string of the molecule is N#Cc1ccc(OCc2ccc(C#CCO)cc2)cc1F. The maximum Gasteiger partial charge on any atom is 0.144 e. The molecule has 0 saturated carbocycles. The molecule has 0 saturated heterocycles. The summed E-state index contributed by atoms with van der Waals surface area (Å²) in [5.41, 5.74) is 1.71. The lowest BCUT2D eigenvalue weighted by Gasteiger charge is -2.07. The molecule has 0 unspecified atom stereocenters. The van der Waals surface area contributed by atoms with Gasteiger partial charge in [-0.05, 0) is 29.8 Å². The van der Waals surface area contributed by atoms with E-state index in [0.717, 1.165) is 11.1 Å². The van der Waals surface area contributed by atoms with Crippen LogP contribution in [0.4, 0.5) is 4.39 Å². The summed E-state index contributed by atoms with van der Waals surface area (Å²) in [7, 11) is 0. The molecule has 2 rings (SSSR count). The van der Waals surface area contributed by atoms with E-state index < -0.39 is 5.82 Å². The van der Waals surface area contributed by atoms with Crippen molar-refractivity contribution in [3.8, 4) is 23.7 Å². The van der Waals surface area contributed by atoms with Gasteiger partial charge in [-0.25, -0.2) is 4.39 Å². The van der Waals surface area contributed by atoms with E-state index in [0.29, 0.717) is 12.4 Å². The fourth-order valence-corrected chi connectivity index (χ4v) is 1.67. The van der Waals surface area contributed by atoms with Crippen molar-refractivity contribution >= 4 is 0 Å². The van der Waals surface area contributed by atoms with Crippen molar-refractivity contribution in [2.45, 2.75) is 6.61 Å². The third-order valence-electron chi connectivity index (χ3n) is 2.73. The molecule has 0 aliphatic rings. The summed E-state index contributed by atoms with van der Waals surface area (Å²) in [6.45, 7) is 0.119. The van der Waals surface area contributed by atoms with Crippen LogP contribution in [-0.4, -0.2) is 11.7 Å². The van der Waals surface area contributed by atoms with Gasteiger partial charge in [0.15, 0.2) is 0 Å². The number of benzene rings is 2. The molecule has 0 aliphatic carbocycles. The van der Waals surface area contributed by atoms with Gasteiger partial charge in [0.2, 0.25) is 0 Å². The van der Waals surface area contributed by atoms with E-state index in [4.69, 9.17) is 15.1 Å². The molecule has 0 atom stereocenters. The number of ether oxygens (including phenoxy) is 1. The zero-order valence-electron chi connectivity index (χ0n) is 11.1. The summed E-state index contributed by atoms with van der Waals surface area (Å²) in [5.74, 6) is 5.14. The van der Waals surface area contributed by atoms with Crippen LogP contribution in [-0.2, 0) is 6.61 Å². The van der Waals surface area contributed by atoms with Crippen molar-refractivity contribution in [3.05, 3.63) is 65.0 Å². The summed E-state index contributed by atoms with van der Waals surface area (Å²) in [6, 6.07) is 13.2. The number of aliphatic hydroxyl groups excluding tert-OH is 1. The number of hydrogen-bond acceptors (Lipinski definition) is 3. The van der Waals surface area contributed by atoms with E-state index >= 15 is 0 Å². The Labute approximate surface area is 122 Å². The van der Waals surface area contributed by atoms with E-state index in [1.54, 1.807) is 12.1 Å². The lowest BCUT2D eigenvalue weighted by atomic mass is 10.1. The van der Waals surface area contributed by atoms with E-state index in [-0.39, 0.29) is 12.2 Å². The average molecular weight is 281 g/mol. The Balaban J connectivity index is 2.00. The average Bonchev–Trinajstić information content (AvgIpc) is 2.52.